The third kappa shape index (κ3) is 8.04. The zero-order chi connectivity index (χ0) is 31.2. The van der Waals surface area contributed by atoms with Crippen molar-refractivity contribution in [3.63, 3.8) is 0 Å². The van der Waals surface area contributed by atoms with Crippen molar-refractivity contribution in [1.82, 2.24) is 10.2 Å². The number of sulfonamides is 1. The Labute approximate surface area is 249 Å². The number of nitrogens with zero attached hydrogens (tertiary/aromatic N) is 2. The van der Waals surface area contributed by atoms with Gasteiger partial charge >= 0.3 is 6.18 Å². The van der Waals surface area contributed by atoms with Gasteiger partial charge in [0.05, 0.1) is 21.2 Å². The molecule has 2 amide bonds. The van der Waals surface area contributed by atoms with Crippen LogP contribution in [0.4, 0.5) is 18.9 Å². The summed E-state index contributed by atoms with van der Waals surface area (Å²) in [7, 11) is -4.53. The molecule has 0 aliphatic carbocycles. The molecule has 0 heterocycles. The fourth-order valence-corrected chi connectivity index (χ4v) is 5.98. The summed E-state index contributed by atoms with van der Waals surface area (Å²) in [4.78, 5) is 28.2. The fraction of sp³-hybridized carbons (Fsp3) is 0.333. The molecule has 1 N–H and O–H groups in total. The predicted molar refractivity (Wildman–Crippen MR) is 157 cm³/mol. The quantitative estimate of drug-likeness (QED) is 0.276. The largest absolute Gasteiger partial charge is 0.417 e. The maximum Gasteiger partial charge on any atom is 0.417 e. The van der Waals surface area contributed by atoms with Crippen LogP contribution in [0.5, 0.6) is 0 Å². The smallest absolute Gasteiger partial charge is 0.352 e. The van der Waals surface area contributed by atoms with Gasteiger partial charge in [-0.25, -0.2) is 8.42 Å². The zero-order valence-electron chi connectivity index (χ0n) is 23.7. The average molecular weight is 624 g/mol. The standard InChI is InChI=1S/C30H33ClF3N3O4S/c1-5-27(29(39)35-20(2)3)36(18-22-13-11-21(4)12-14-22)28(38)19-37(42(40,41)24-9-7-6-8-10-24)23-15-16-26(31)25(17-23)30(32,33)34/h6-17,20,27H,5,18-19H2,1-4H3,(H,35,39). The number of alkyl halides is 3. The molecule has 1 unspecified atom stereocenters. The molecule has 226 valence electrons. The van der Waals surface area contributed by atoms with Gasteiger partial charge in [0.2, 0.25) is 11.8 Å². The van der Waals surface area contributed by atoms with E-state index >= 15 is 0 Å². The fourth-order valence-electron chi connectivity index (χ4n) is 4.32. The van der Waals surface area contributed by atoms with Crippen molar-refractivity contribution in [1.29, 1.82) is 0 Å². The maximum atomic E-state index is 14.0. The Morgan fingerprint density at radius 1 is 0.976 bits per heavy atom. The van der Waals surface area contributed by atoms with Gasteiger partial charge in [-0.2, -0.15) is 13.2 Å². The normalized spacial score (nSPS) is 12.6. The molecule has 0 aliphatic heterocycles. The van der Waals surface area contributed by atoms with Crippen molar-refractivity contribution < 1.29 is 31.2 Å². The summed E-state index contributed by atoms with van der Waals surface area (Å²) in [5.74, 6) is -1.21. The molecule has 0 spiro atoms. The minimum absolute atomic E-state index is 0.0310. The minimum Gasteiger partial charge on any atom is -0.352 e. The first-order chi connectivity index (χ1) is 19.6. The summed E-state index contributed by atoms with van der Waals surface area (Å²) in [6.07, 6.45) is -4.67. The molecule has 0 saturated heterocycles. The first-order valence-electron chi connectivity index (χ1n) is 13.2. The highest BCUT2D eigenvalue weighted by atomic mass is 35.5. The van der Waals surface area contributed by atoms with E-state index < -0.39 is 56.9 Å². The molecule has 3 rings (SSSR count). The van der Waals surface area contributed by atoms with E-state index in [-0.39, 0.29) is 23.9 Å². The van der Waals surface area contributed by atoms with Gasteiger partial charge in [-0.15, -0.1) is 0 Å². The molecule has 0 aliphatic rings. The summed E-state index contributed by atoms with van der Waals surface area (Å²) in [6.45, 7) is 6.25. The zero-order valence-corrected chi connectivity index (χ0v) is 25.2. The lowest BCUT2D eigenvalue weighted by Crippen LogP contribution is -2.53. The predicted octanol–water partition coefficient (Wildman–Crippen LogP) is 6.19. The van der Waals surface area contributed by atoms with Crippen LogP contribution in [-0.2, 0) is 32.3 Å². The Balaban J connectivity index is 2.13. The molecule has 42 heavy (non-hydrogen) atoms. The van der Waals surface area contributed by atoms with E-state index in [1.165, 1.54) is 29.2 Å². The minimum atomic E-state index is -4.88. The molecule has 3 aromatic carbocycles. The van der Waals surface area contributed by atoms with Gasteiger partial charge in [-0.05, 0) is 63.1 Å². The highest BCUT2D eigenvalue weighted by molar-refractivity contribution is 7.92. The second kappa shape index (κ2) is 13.6. The Morgan fingerprint density at radius 2 is 1.60 bits per heavy atom. The Bertz CT molecular complexity index is 1500. The van der Waals surface area contributed by atoms with Gasteiger partial charge in [-0.3, -0.25) is 13.9 Å². The summed E-state index contributed by atoms with van der Waals surface area (Å²) in [5.41, 5.74) is 0.0122. The van der Waals surface area contributed by atoms with Crippen molar-refractivity contribution in [3.8, 4) is 0 Å². The van der Waals surface area contributed by atoms with E-state index in [0.717, 1.165) is 17.7 Å². The van der Waals surface area contributed by atoms with E-state index in [1.54, 1.807) is 39.0 Å². The van der Waals surface area contributed by atoms with E-state index in [2.05, 4.69) is 5.32 Å². The molecule has 0 saturated carbocycles. The molecule has 7 nitrogen and oxygen atoms in total. The van der Waals surface area contributed by atoms with Crippen LogP contribution in [0.2, 0.25) is 5.02 Å². The van der Waals surface area contributed by atoms with Crippen molar-refractivity contribution >= 4 is 39.1 Å². The van der Waals surface area contributed by atoms with E-state index in [9.17, 15) is 31.2 Å². The highest BCUT2D eigenvalue weighted by Crippen LogP contribution is 2.38. The number of rotatable bonds is 11. The van der Waals surface area contributed by atoms with Crippen LogP contribution in [0.15, 0.2) is 77.7 Å². The number of nitrogens with one attached hydrogen (secondary N) is 1. The van der Waals surface area contributed by atoms with E-state index in [1.807, 2.05) is 19.1 Å². The summed E-state index contributed by atoms with van der Waals surface area (Å²) in [6, 6.07) is 15.8. The highest BCUT2D eigenvalue weighted by Gasteiger charge is 2.37. The lowest BCUT2D eigenvalue weighted by atomic mass is 10.1. The van der Waals surface area contributed by atoms with Gasteiger partial charge in [0.1, 0.15) is 12.6 Å². The lowest BCUT2D eigenvalue weighted by molar-refractivity contribution is -0.140. The Hall–Kier alpha value is -3.57. The molecule has 0 fully saturated rings. The van der Waals surface area contributed by atoms with E-state index in [4.69, 9.17) is 11.6 Å². The monoisotopic (exact) mass is 623 g/mol. The molecular formula is C30H33ClF3N3O4S. The maximum absolute atomic E-state index is 14.0. The molecule has 12 heteroatoms. The van der Waals surface area contributed by atoms with E-state index in [0.29, 0.717) is 15.9 Å². The molecule has 3 aromatic rings. The number of benzene rings is 3. The summed E-state index contributed by atoms with van der Waals surface area (Å²) >= 11 is 5.80. The second-order valence-corrected chi connectivity index (χ2v) is 12.4. The number of aryl methyl sites for hydroxylation is 1. The number of carbonyl (C=O) groups is 2. The van der Waals surface area contributed by atoms with Crippen LogP contribution in [0, 0.1) is 6.92 Å². The van der Waals surface area contributed by atoms with Gasteiger partial charge in [0, 0.05) is 12.6 Å². The topological polar surface area (TPSA) is 86.8 Å². The molecule has 1 atom stereocenters. The molecule has 0 bridgehead atoms. The average Bonchev–Trinajstić information content (AvgIpc) is 2.92. The van der Waals surface area contributed by atoms with Crippen molar-refractivity contribution in [2.45, 2.75) is 63.8 Å². The Kier molecular flexibility index (Phi) is 10.7. The first-order valence-corrected chi connectivity index (χ1v) is 15.1. The number of halogens is 4. The number of hydrogen-bond donors (Lipinski definition) is 1. The third-order valence-electron chi connectivity index (χ3n) is 6.44. The van der Waals surface area contributed by atoms with Crippen LogP contribution < -0.4 is 9.62 Å². The number of amides is 2. The molecular weight excluding hydrogens is 591 g/mol. The number of carbonyl (C=O) groups excluding carboxylic acids is 2. The summed E-state index contributed by atoms with van der Waals surface area (Å²) in [5, 5.41) is 2.17. The van der Waals surface area contributed by atoms with Gasteiger partial charge < -0.3 is 10.2 Å². The molecule has 0 aromatic heterocycles. The van der Waals surface area contributed by atoms with Crippen LogP contribution in [0.3, 0.4) is 0 Å². The van der Waals surface area contributed by atoms with Crippen molar-refractivity contribution in [2.75, 3.05) is 10.8 Å². The van der Waals surface area contributed by atoms with Crippen molar-refractivity contribution in [3.05, 3.63) is 94.5 Å². The number of anilines is 1. The third-order valence-corrected chi connectivity index (χ3v) is 8.56. The lowest BCUT2D eigenvalue weighted by Gasteiger charge is -2.33. The SMILES string of the molecule is CCC(C(=O)NC(C)C)N(Cc1ccc(C)cc1)C(=O)CN(c1ccc(Cl)c(C(F)(F)F)c1)S(=O)(=O)c1ccccc1. The van der Waals surface area contributed by atoms with Crippen LogP contribution in [0.1, 0.15) is 43.9 Å². The van der Waals surface area contributed by atoms with Gasteiger partial charge in [0.15, 0.2) is 0 Å². The van der Waals surface area contributed by atoms with Crippen LogP contribution in [-0.4, -0.2) is 43.8 Å². The van der Waals surface area contributed by atoms with Gasteiger partial charge in [0.25, 0.3) is 10.0 Å². The van der Waals surface area contributed by atoms with Crippen molar-refractivity contribution in [2.24, 2.45) is 0 Å². The Morgan fingerprint density at radius 3 is 2.14 bits per heavy atom. The summed E-state index contributed by atoms with van der Waals surface area (Å²) < 4.78 is 69.5. The first kappa shape index (κ1) is 32.9. The second-order valence-electron chi connectivity index (χ2n) is 10.1. The molecule has 0 radical (unpaired) electrons. The number of hydrogen-bond acceptors (Lipinski definition) is 4. The van der Waals surface area contributed by atoms with Crippen LogP contribution >= 0.6 is 11.6 Å². The van der Waals surface area contributed by atoms with Crippen LogP contribution in [0.25, 0.3) is 0 Å². The van der Waals surface area contributed by atoms with Gasteiger partial charge in [-0.1, -0.05) is 66.6 Å².